The zero-order chi connectivity index (χ0) is 94.5. The number of fused-ring (bicyclic) bond motifs is 1. The van der Waals surface area contributed by atoms with Crippen molar-refractivity contribution in [2.45, 2.75) is 322 Å². The van der Waals surface area contributed by atoms with Gasteiger partial charge in [0.1, 0.15) is 90.6 Å². The van der Waals surface area contributed by atoms with Crippen molar-refractivity contribution in [3.05, 3.63) is 36.0 Å². The van der Waals surface area contributed by atoms with Crippen LogP contribution in [0, 0.1) is 29.6 Å². The van der Waals surface area contributed by atoms with Crippen molar-refractivity contribution in [2.24, 2.45) is 58.3 Å². The molecule has 0 radical (unpaired) electrons. The minimum Gasteiger partial charge on any atom is -0.480 e. The third-order valence-corrected chi connectivity index (χ3v) is 21.3. The summed E-state index contributed by atoms with van der Waals surface area (Å²) in [4.78, 5) is 227. The Balaban J connectivity index is 2.47. The maximum absolute atomic E-state index is 14.8. The molecule has 40 heteroatoms. The fourth-order valence-electron chi connectivity index (χ4n) is 13.5. The van der Waals surface area contributed by atoms with Gasteiger partial charge in [-0.25, -0.2) is 4.79 Å². The molecular weight excluding hydrogens is 1640 g/mol. The van der Waals surface area contributed by atoms with E-state index < -0.39 is 203 Å². The summed E-state index contributed by atoms with van der Waals surface area (Å²) in [5.74, 6) is -14.5. The number of carbonyl (C=O) groups excluding carboxylic acids is 15. The van der Waals surface area contributed by atoms with Gasteiger partial charge in [0.15, 0.2) is 0 Å². The molecular formula is C85H149N21O18S. The van der Waals surface area contributed by atoms with Gasteiger partial charge in [0.05, 0.1) is 12.1 Å². The quantitative estimate of drug-likeness (QED) is 0.0352. The Morgan fingerprint density at radius 2 is 0.632 bits per heavy atom. The summed E-state index contributed by atoms with van der Waals surface area (Å²) >= 11 is 1.35. The topological polar surface area (TPSA) is 640 Å². The van der Waals surface area contributed by atoms with Gasteiger partial charge in [-0.15, -0.1) is 0 Å². The van der Waals surface area contributed by atoms with E-state index in [2.05, 4.69) is 84.7 Å². The summed E-state index contributed by atoms with van der Waals surface area (Å²) in [6.45, 7) is 25.4. The number of thioether (sulfide) groups is 1. The van der Waals surface area contributed by atoms with Crippen LogP contribution < -0.4 is 108 Å². The van der Waals surface area contributed by atoms with Crippen molar-refractivity contribution in [3.63, 3.8) is 0 Å². The first-order valence-corrected chi connectivity index (χ1v) is 45.3. The lowest BCUT2D eigenvalue weighted by molar-refractivity contribution is -0.142. The average Bonchev–Trinajstić information content (AvgIpc) is 1.73. The number of unbranched alkanes of at least 4 members (excludes halogenated alkanes) is 4. The second-order valence-electron chi connectivity index (χ2n) is 34.4. The Kier molecular flexibility index (Phi) is 52.3. The molecule has 0 saturated carbocycles. The minimum atomic E-state index is -1.74. The zero-order valence-electron chi connectivity index (χ0n) is 76.1. The molecule has 125 heavy (non-hydrogen) atoms. The molecule has 1 aromatic heterocycles. The van der Waals surface area contributed by atoms with E-state index in [1.54, 1.807) is 67.8 Å². The van der Waals surface area contributed by atoms with Gasteiger partial charge in [0, 0.05) is 23.5 Å². The lowest BCUT2D eigenvalue weighted by Gasteiger charge is -2.30. The van der Waals surface area contributed by atoms with Gasteiger partial charge < -0.3 is 124 Å². The molecule has 1 aromatic carbocycles. The summed E-state index contributed by atoms with van der Waals surface area (Å²) in [6, 6.07) is -13.6. The van der Waals surface area contributed by atoms with Crippen molar-refractivity contribution in [1.29, 1.82) is 0 Å². The summed E-state index contributed by atoms with van der Waals surface area (Å²) < 4.78 is 0. The summed E-state index contributed by atoms with van der Waals surface area (Å²) in [5.41, 5.74) is 30.4. The van der Waals surface area contributed by atoms with Crippen LogP contribution in [0.5, 0.6) is 0 Å². The number of benzene rings is 1. The van der Waals surface area contributed by atoms with Crippen molar-refractivity contribution in [1.82, 2.24) is 84.7 Å². The fraction of sp³-hybridized carbons (Fsp3) is 0.718. The van der Waals surface area contributed by atoms with E-state index in [1.807, 2.05) is 38.1 Å². The SMILES string of the molecule is CSCC[C@H](NC(=O)[C@H](Cc1c[nH]c2ccccc12)NC(=O)[C@H](CC(C)C)NC(=O)[C@H](C)N)C(=O)N[C@H](C(=O)N[C@@H](CC(C)C)C(=O)N[C@@H](CC(C)C)C(=O)N[C@@H](CCCCN)C(=O)N[C@@H](CCCCN)C(=O)N[C@H](C(=O)N[C@@H](CC(C)C)C(=O)N[C@@H](CCCCN)C(=O)N[C@@H](C)C(=O)N[C@@H](C)C(=O)N[C@@H](C)C(=O)N[C@@H](CCCCN)C(=O)O)C(C)C)[C@@H](C)O. The summed E-state index contributed by atoms with van der Waals surface area (Å²) in [6.07, 6.45) is 5.29. The van der Waals surface area contributed by atoms with Gasteiger partial charge in [-0.1, -0.05) is 87.4 Å². The number of rotatable bonds is 62. The standard InChI is InChI=1S/C85H149N21O18S/c1-45(2)39-63(100-70(108)50(11)90)80(118)102-67(43-55-44-91-57-28-18-17-27-56(55)57)82(120)98-61(33-38-125-16)77(115)106-69(54(15)107)84(122)104-66(42-48(7)8)81(119)101-64(40-46(3)4)78(116)97-59(30-20-24-35-87)75(113)95-60(31-21-25-36-88)76(114)105-68(49(9)10)83(121)103-65(41-47(5)6)79(117)96-58(29-19-23-34-86)74(112)94-52(13)72(110)92-51(12)71(109)93-53(14)73(111)99-62(85(123)124)32-22-26-37-89/h17-18,27-28,44-54,58-69,91,107H,19-26,29-43,86-90H2,1-16H3,(H,92,110)(H,93,109)(H,94,112)(H,95,113)(H,96,117)(H,97,116)(H,98,120)(H,99,111)(H,100,108)(H,101,119)(H,102,118)(H,103,121)(H,104,122)(H,105,114)(H,106,115)(H,123,124)/t50-,51-,52-,53-,54+,58-,59-,60-,61-,62-,63-,64-,65-,66-,67-,68-,69-/m0/s1. The van der Waals surface area contributed by atoms with Crippen molar-refractivity contribution < 1.29 is 86.9 Å². The minimum absolute atomic E-state index is 0.00302. The maximum Gasteiger partial charge on any atom is 0.326 e. The number of amides is 15. The van der Waals surface area contributed by atoms with Gasteiger partial charge in [-0.2, -0.15) is 11.8 Å². The summed E-state index contributed by atoms with van der Waals surface area (Å²) in [5, 5.41) is 61.5. The van der Waals surface area contributed by atoms with Crippen LogP contribution in [-0.4, -0.2) is 251 Å². The molecule has 39 nitrogen and oxygen atoms in total. The highest BCUT2D eigenvalue weighted by Crippen LogP contribution is 2.22. The molecule has 0 unspecified atom stereocenters. The van der Waals surface area contributed by atoms with Crippen molar-refractivity contribution in [3.8, 4) is 0 Å². The lowest BCUT2D eigenvalue weighted by atomic mass is 9.98. The molecule has 0 bridgehead atoms. The number of carbonyl (C=O) groups is 16. The normalized spacial score (nSPS) is 15.6. The number of para-hydroxylation sites is 1. The molecule has 708 valence electrons. The Labute approximate surface area is 740 Å². The van der Waals surface area contributed by atoms with Crippen LogP contribution in [0.3, 0.4) is 0 Å². The van der Waals surface area contributed by atoms with E-state index in [-0.39, 0.29) is 108 Å². The van der Waals surface area contributed by atoms with Crippen molar-refractivity contribution >= 4 is 117 Å². The predicted molar refractivity (Wildman–Crippen MR) is 478 cm³/mol. The number of aromatic amines is 1. The van der Waals surface area contributed by atoms with E-state index in [9.17, 15) is 86.9 Å². The number of aliphatic hydroxyl groups excluding tert-OH is 1. The number of nitrogens with one attached hydrogen (secondary N) is 16. The second-order valence-corrected chi connectivity index (χ2v) is 35.4. The molecule has 0 aliphatic carbocycles. The number of aliphatic hydroxyl groups is 1. The first-order chi connectivity index (χ1) is 58.8. The largest absolute Gasteiger partial charge is 0.480 e. The van der Waals surface area contributed by atoms with Crippen LogP contribution in [0.4, 0.5) is 0 Å². The number of hydrogen-bond donors (Lipinski definition) is 23. The Bertz CT molecular complexity index is 3790. The van der Waals surface area contributed by atoms with Crippen LogP contribution in [0.2, 0.25) is 0 Å². The zero-order valence-corrected chi connectivity index (χ0v) is 76.9. The fourth-order valence-corrected chi connectivity index (χ4v) is 13.9. The Hall–Kier alpha value is -9.61. The highest BCUT2D eigenvalue weighted by Gasteiger charge is 2.40. The van der Waals surface area contributed by atoms with Crippen LogP contribution in [0.25, 0.3) is 10.9 Å². The number of carboxylic acid groups (broad SMARTS) is 1. The number of nitrogens with two attached hydrogens (primary N) is 5. The molecule has 0 fully saturated rings. The monoisotopic (exact) mass is 1780 g/mol. The lowest BCUT2D eigenvalue weighted by Crippen LogP contribution is -2.62. The first kappa shape index (κ1) is 111. The molecule has 28 N–H and O–H groups in total. The molecule has 1 heterocycles. The summed E-state index contributed by atoms with van der Waals surface area (Å²) in [7, 11) is 0. The van der Waals surface area contributed by atoms with Crippen LogP contribution in [0.1, 0.15) is 219 Å². The number of hydrogen-bond acceptors (Lipinski definition) is 23. The molecule has 0 spiro atoms. The third kappa shape index (κ3) is 41.6. The third-order valence-electron chi connectivity index (χ3n) is 20.6. The predicted octanol–water partition coefficient (Wildman–Crippen LogP) is -1.04. The number of aromatic nitrogens is 1. The smallest absolute Gasteiger partial charge is 0.326 e. The molecule has 15 amide bonds. The van der Waals surface area contributed by atoms with E-state index in [0.717, 1.165) is 10.9 Å². The highest BCUT2D eigenvalue weighted by atomic mass is 32.2. The number of carboxylic acids is 1. The molecule has 2 rings (SSSR count). The number of H-pyrrole nitrogens is 1. The van der Waals surface area contributed by atoms with Gasteiger partial charge in [-0.05, 0) is 223 Å². The van der Waals surface area contributed by atoms with E-state index in [0.29, 0.717) is 69.2 Å². The van der Waals surface area contributed by atoms with Crippen LogP contribution >= 0.6 is 11.8 Å². The van der Waals surface area contributed by atoms with Gasteiger partial charge in [0.2, 0.25) is 88.6 Å². The van der Waals surface area contributed by atoms with E-state index in [4.69, 9.17) is 28.7 Å². The molecule has 0 aliphatic heterocycles. The van der Waals surface area contributed by atoms with Gasteiger partial charge in [0.25, 0.3) is 0 Å². The van der Waals surface area contributed by atoms with Crippen LogP contribution in [-0.2, 0) is 83.1 Å². The van der Waals surface area contributed by atoms with Gasteiger partial charge in [-0.3, -0.25) is 71.9 Å². The van der Waals surface area contributed by atoms with Crippen molar-refractivity contribution in [2.75, 3.05) is 38.2 Å². The second kappa shape index (κ2) is 58.6. The molecule has 0 saturated heterocycles. The van der Waals surface area contributed by atoms with E-state index in [1.165, 1.54) is 46.4 Å². The first-order valence-electron chi connectivity index (χ1n) is 43.9. The van der Waals surface area contributed by atoms with Crippen LogP contribution in [0.15, 0.2) is 30.5 Å². The molecule has 2 aromatic rings. The number of aliphatic carboxylic acids is 1. The average molecular weight is 1790 g/mol. The molecule has 0 aliphatic rings. The molecule has 17 atom stereocenters. The van der Waals surface area contributed by atoms with Gasteiger partial charge >= 0.3 is 5.97 Å². The highest BCUT2D eigenvalue weighted by molar-refractivity contribution is 7.98. The van der Waals surface area contributed by atoms with E-state index >= 15 is 0 Å². The Morgan fingerprint density at radius 3 is 0.992 bits per heavy atom. The maximum atomic E-state index is 14.8. The Morgan fingerprint density at radius 1 is 0.344 bits per heavy atom.